The lowest BCUT2D eigenvalue weighted by molar-refractivity contribution is 0.383. The number of benzene rings is 2. The molecule has 0 radical (unpaired) electrons. The Morgan fingerprint density at radius 1 is 0.969 bits per heavy atom. The first-order valence-corrected chi connectivity index (χ1v) is 12.2. The number of nitrogens with zero attached hydrogens (tertiary/aromatic N) is 4. The molecular weight excluding hydrogens is 451 g/mol. The molecule has 0 amide bonds. The molecule has 2 heterocycles. The molecule has 0 unspecified atom stereocenters. The fourth-order valence-corrected chi connectivity index (χ4v) is 5.54. The molecule has 0 bridgehead atoms. The van der Waals surface area contributed by atoms with E-state index in [4.69, 9.17) is 16.6 Å². The van der Waals surface area contributed by atoms with Crippen LogP contribution in [0.1, 0.15) is 22.6 Å². The number of halogens is 2. The van der Waals surface area contributed by atoms with E-state index in [1.807, 2.05) is 38.1 Å². The first kappa shape index (κ1) is 22.6. The topological polar surface area (TPSA) is 66.4 Å². The summed E-state index contributed by atoms with van der Waals surface area (Å²) in [6, 6.07) is 12.6. The number of piperazine rings is 1. The second-order valence-corrected chi connectivity index (χ2v) is 10.1. The maximum absolute atomic E-state index is 13.2. The lowest BCUT2D eigenvalue weighted by Crippen LogP contribution is -2.49. The minimum Gasteiger partial charge on any atom is -0.354 e. The number of sulfonamides is 1. The maximum Gasteiger partial charge on any atom is 0.243 e. The summed E-state index contributed by atoms with van der Waals surface area (Å²) in [5.74, 6) is 1.02. The highest BCUT2D eigenvalue weighted by atomic mass is 35.5. The van der Waals surface area contributed by atoms with Crippen molar-refractivity contribution in [3.8, 4) is 0 Å². The van der Waals surface area contributed by atoms with Crippen LogP contribution in [0.25, 0.3) is 0 Å². The molecule has 0 N–H and O–H groups in total. The first-order valence-electron chi connectivity index (χ1n) is 10.3. The van der Waals surface area contributed by atoms with Gasteiger partial charge in [-0.2, -0.15) is 4.31 Å². The molecule has 0 aliphatic carbocycles. The second-order valence-electron chi connectivity index (χ2n) is 7.77. The summed E-state index contributed by atoms with van der Waals surface area (Å²) in [4.78, 5) is 11.4. The summed E-state index contributed by atoms with van der Waals surface area (Å²) in [6.45, 7) is 5.42. The van der Waals surface area contributed by atoms with Gasteiger partial charge in [0, 0.05) is 48.9 Å². The molecule has 168 valence electrons. The highest BCUT2D eigenvalue weighted by Gasteiger charge is 2.30. The van der Waals surface area contributed by atoms with E-state index < -0.39 is 15.8 Å². The van der Waals surface area contributed by atoms with Crippen LogP contribution in [-0.2, 0) is 16.4 Å². The predicted octanol–water partition coefficient (Wildman–Crippen LogP) is 3.99. The zero-order valence-electron chi connectivity index (χ0n) is 17.9. The van der Waals surface area contributed by atoms with Gasteiger partial charge in [0.05, 0.1) is 4.90 Å². The summed E-state index contributed by atoms with van der Waals surface area (Å²) >= 11 is 6.38. The molecule has 4 rings (SSSR count). The van der Waals surface area contributed by atoms with Crippen LogP contribution in [-0.4, -0.2) is 48.9 Å². The Bertz CT molecular complexity index is 1230. The molecule has 1 aliphatic rings. The van der Waals surface area contributed by atoms with Crippen molar-refractivity contribution in [1.29, 1.82) is 0 Å². The molecule has 1 aliphatic heterocycles. The minimum absolute atomic E-state index is 0.0977. The summed E-state index contributed by atoms with van der Waals surface area (Å²) in [7, 11) is -3.68. The Kier molecular flexibility index (Phi) is 6.46. The van der Waals surface area contributed by atoms with Gasteiger partial charge in [-0.25, -0.2) is 22.8 Å². The first-order chi connectivity index (χ1) is 15.3. The van der Waals surface area contributed by atoms with Crippen molar-refractivity contribution in [3.05, 3.63) is 82.0 Å². The summed E-state index contributed by atoms with van der Waals surface area (Å²) in [6.07, 6.45) is 0.592. The second kappa shape index (κ2) is 9.13. The Morgan fingerprint density at radius 3 is 2.28 bits per heavy atom. The SMILES string of the molecule is Cc1nc(C)c(Cc2ccccc2Cl)c(N2CCN(S(=O)(=O)c3ccc(F)cc3)CC2)n1. The van der Waals surface area contributed by atoms with E-state index in [0.717, 1.165) is 34.8 Å². The van der Waals surface area contributed by atoms with Gasteiger partial charge in [-0.1, -0.05) is 29.8 Å². The largest absolute Gasteiger partial charge is 0.354 e. The van der Waals surface area contributed by atoms with Gasteiger partial charge in [0.2, 0.25) is 10.0 Å². The van der Waals surface area contributed by atoms with Gasteiger partial charge < -0.3 is 4.90 Å². The number of aromatic nitrogens is 2. The van der Waals surface area contributed by atoms with Crippen LogP contribution >= 0.6 is 11.6 Å². The number of hydrogen-bond acceptors (Lipinski definition) is 5. The van der Waals surface area contributed by atoms with E-state index in [1.165, 1.54) is 16.4 Å². The van der Waals surface area contributed by atoms with Crippen molar-refractivity contribution in [1.82, 2.24) is 14.3 Å². The van der Waals surface area contributed by atoms with Gasteiger partial charge in [0.15, 0.2) is 0 Å². The van der Waals surface area contributed by atoms with Gasteiger partial charge in [-0.3, -0.25) is 0 Å². The highest BCUT2D eigenvalue weighted by Crippen LogP contribution is 2.28. The number of rotatable bonds is 5. The van der Waals surface area contributed by atoms with Crippen LogP contribution in [0.2, 0.25) is 5.02 Å². The predicted molar refractivity (Wildman–Crippen MR) is 123 cm³/mol. The quantitative estimate of drug-likeness (QED) is 0.559. The molecule has 0 spiro atoms. The lowest BCUT2D eigenvalue weighted by Gasteiger charge is -2.36. The van der Waals surface area contributed by atoms with Crippen LogP contribution in [0, 0.1) is 19.7 Å². The van der Waals surface area contributed by atoms with Gasteiger partial charge in [0.1, 0.15) is 17.5 Å². The summed E-state index contributed by atoms with van der Waals surface area (Å²) < 4.78 is 40.5. The Balaban J connectivity index is 1.57. The molecule has 1 aromatic heterocycles. The van der Waals surface area contributed by atoms with Crippen molar-refractivity contribution < 1.29 is 12.8 Å². The lowest BCUT2D eigenvalue weighted by atomic mass is 10.0. The van der Waals surface area contributed by atoms with Crippen molar-refractivity contribution in [3.63, 3.8) is 0 Å². The van der Waals surface area contributed by atoms with Crippen molar-refractivity contribution in [2.75, 3.05) is 31.1 Å². The van der Waals surface area contributed by atoms with Crippen LogP contribution < -0.4 is 4.90 Å². The van der Waals surface area contributed by atoms with E-state index in [2.05, 4.69) is 9.88 Å². The molecule has 0 saturated carbocycles. The molecule has 0 atom stereocenters. The molecule has 32 heavy (non-hydrogen) atoms. The van der Waals surface area contributed by atoms with E-state index in [9.17, 15) is 12.8 Å². The Hall–Kier alpha value is -2.55. The molecule has 1 fully saturated rings. The number of hydrogen-bond donors (Lipinski definition) is 0. The van der Waals surface area contributed by atoms with Gasteiger partial charge in [-0.15, -0.1) is 0 Å². The molecule has 6 nitrogen and oxygen atoms in total. The van der Waals surface area contributed by atoms with Gasteiger partial charge >= 0.3 is 0 Å². The number of aryl methyl sites for hydroxylation is 2. The molecule has 3 aromatic rings. The van der Waals surface area contributed by atoms with Crippen LogP contribution in [0.4, 0.5) is 10.2 Å². The van der Waals surface area contributed by atoms with Gasteiger partial charge in [-0.05, 0) is 49.7 Å². The zero-order chi connectivity index (χ0) is 22.9. The van der Waals surface area contributed by atoms with Crippen LogP contribution in [0.15, 0.2) is 53.4 Å². The standard InChI is InChI=1S/C23H24ClFN4O2S/c1-16-21(15-18-5-3-4-6-22(18)24)23(27-17(2)26-16)28-11-13-29(14-12-28)32(30,31)20-9-7-19(25)8-10-20/h3-10H,11-15H2,1-2H3. The molecular formula is C23H24ClFN4O2S. The van der Waals surface area contributed by atoms with E-state index in [0.29, 0.717) is 43.4 Å². The third-order valence-electron chi connectivity index (χ3n) is 5.62. The molecule has 1 saturated heterocycles. The van der Waals surface area contributed by atoms with Crippen LogP contribution in [0.5, 0.6) is 0 Å². The van der Waals surface area contributed by atoms with E-state index in [1.54, 1.807) is 0 Å². The molecule has 2 aromatic carbocycles. The number of anilines is 1. The fourth-order valence-electron chi connectivity index (χ4n) is 3.91. The third-order valence-corrected chi connectivity index (χ3v) is 7.90. The van der Waals surface area contributed by atoms with Crippen molar-refractivity contribution in [2.24, 2.45) is 0 Å². The van der Waals surface area contributed by atoms with Crippen molar-refractivity contribution >= 4 is 27.4 Å². The van der Waals surface area contributed by atoms with Gasteiger partial charge in [0.25, 0.3) is 0 Å². The monoisotopic (exact) mass is 474 g/mol. The normalized spacial score (nSPS) is 15.2. The Morgan fingerprint density at radius 2 is 1.62 bits per heavy atom. The van der Waals surface area contributed by atoms with E-state index >= 15 is 0 Å². The zero-order valence-corrected chi connectivity index (χ0v) is 19.5. The Labute approximate surface area is 192 Å². The van der Waals surface area contributed by atoms with Crippen molar-refractivity contribution in [2.45, 2.75) is 25.2 Å². The smallest absolute Gasteiger partial charge is 0.243 e. The summed E-state index contributed by atoms with van der Waals surface area (Å²) in [5, 5.41) is 0.689. The van der Waals surface area contributed by atoms with E-state index in [-0.39, 0.29) is 4.90 Å². The van der Waals surface area contributed by atoms with Crippen LogP contribution in [0.3, 0.4) is 0 Å². The minimum atomic E-state index is -3.68. The summed E-state index contributed by atoms with van der Waals surface area (Å²) in [5.41, 5.74) is 2.86. The maximum atomic E-state index is 13.2. The third kappa shape index (κ3) is 4.62. The highest BCUT2D eigenvalue weighted by molar-refractivity contribution is 7.89. The molecule has 9 heteroatoms. The fraction of sp³-hybridized carbons (Fsp3) is 0.304. The average Bonchev–Trinajstić information content (AvgIpc) is 2.77. The average molecular weight is 475 g/mol.